The first-order valence-corrected chi connectivity index (χ1v) is 9.83. The number of hydrogen-bond donors (Lipinski definition) is 0. The van der Waals surface area contributed by atoms with E-state index in [1.54, 1.807) is 35.2 Å². The quantitative estimate of drug-likeness (QED) is 0.484. The maximum Gasteiger partial charge on any atom is 0.272 e. The molecule has 0 unspecified atom stereocenters. The molecule has 2 aromatic carbocycles. The van der Waals surface area contributed by atoms with Gasteiger partial charge in [-0.15, -0.1) is 0 Å². The average molecular weight is 404 g/mol. The van der Waals surface area contributed by atoms with Crippen molar-refractivity contribution in [1.29, 1.82) is 0 Å². The Labute approximate surface area is 173 Å². The number of carbonyl (C=O) groups excluding carboxylic acids is 1. The highest BCUT2D eigenvalue weighted by atomic mass is 35.5. The van der Waals surface area contributed by atoms with Crippen LogP contribution in [0.25, 0.3) is 17.1 Å². The minimum absolute atomic E-state index is 0.0558. The summed E-state index contributed by atoms with van der Waals surface area (Å²) in [7, 11) is 0. The molecular formula is C23H18ClN3O2. The third-order valence-corrected chi connectivity index (χ3v) is 5.44. The lowest BCUT2D eigenvalue weighted by atomic mass is 10.00. The maximum absolute atomic E-state index is 13.5. The number of aromatic nitrogens is 2. The van der Waals surface area contributed by atoms with Crippen LogP contribution < -0.4 is 0 Å². The summed E-state index contributed by atoms with van der Waals surface area (Å²) in [5.41, 5.74) is 4.38. The molecular weight excluding hydrogens is 386 g/mol. The van der Waals surface area contributed by atoms with Gasteiger partial charge in [0, 0.05) is 24.2 Å². The van der Waals surface area contributed by atoms with E-state index in [2.05, 4.69) is 17.2 Å². The molecule has 0 N–H and O–H groups in total. The average Bonchev–Trinajstić information content (AvgIpc) is 3.43. The first kappa shape index (κ1) is 17.8. The molecule has 2 aromatic heterocycles. The fourth-order valence-electron chi connectivity index (χ4n) is 3.69. The highest BCUT2D eigenvalue weighted by Gasteiger charge is 2.26. The van der Waals surface area contributed by atoms with Gasteiger partial charge in [-0.2, -0.15) is 5.10 Å². The van der Waals surface area contributed by atoms with Gasteiger partial charge >= 0.3 is 0 Å². The Hall–Kier alpha value is -3.31. The lowest BCUT2D eigenvalue weighted by molar-refractivity contribution is 0.0725. The second-order valence-electron chi connectivity index (χ2n) is 7.03. The predicted molar refractivity (Wildman–Crippen MR) is 111 cm³/mol. The predicted octanol–water partition coefficient (Wildman–Crippen LogP) is 4.98. The third-order valence-electron chi connectivity index (χ3n) is 5.19. The van der Waals surface area contributed by atoms with Crippen LogP contribution in [0.1, 0.15) is 21.6 Å². The molecule has 0 saturated carbocycles. The topological polar surface area (TPSA) is 51.3 Å². The van der Waals surface area contributed by atoms with Crippen LogP contribution in [0.5, 0.6) is 0 Å². The molecule has 4 aromatic rings. The van der Waals surface area contributed by atoms with Gasteiger partial charge in [-0.3, -0.25) is 4.79 Å². The van der Waals surface area contributed by atoms with Gasteiger partial charge in [0.15, 0.2) is 5.76 Å². The Morgan fingerprint density at radius 1 is 1.00 bits per heavy atom. The number of fused-ring (bicyclic) bond motifs is 1. The molecule has 1 aliphatic heterocycles. The Morgan fingerprint density at radius 2 is 1.79 bits per heavy atom. The monoisotopic (exact) mass is 403 g/mol. The van der Waals surface area contributed by atoms with Crippen LogP contribution in [-0.2, 0) is 13.0 Å². The first-order valence-electron chi connectivity index (χ1n) is 9.45. The lowest BCUT2D eigenvalue weighted by Crippen LogP contribution is -2.37. The molecule has 5 nitrogen and oxygen atoms in total. The molecule has 0 radical (unpaired) electrons. The van der Waals surface area contributed by atoms with Crippen molar-refractivity contribution in [3.63, 3.8) is 0 Å². The summed E-state index contributed by atoms with van der Waals surface area (Å²) in [4.78, 5) is 15.3. The molecule has 29 heavy (non-hydrogen) atoms. The maximum atomic E-state index is 13.5. The largest absolute Gasteiger partial charge is 0.463 e. The lowest BCUT2D eigenvalue weighted by Gasteiger charge is -2.29. The molecule has 0 spiro atoms. The van der Waals surface area contributed by atoms with Crippen LogP contribution in [-0.4, -0.2) is 27.1 Å². The molecule has 6 heteroatoms. The number of hydrogen-bond acceptors (Lipinski definition) is 3. The molecule has 0 fully saturated rings. The van der Waals surface area contributed by atoms with Crippen molar-refractivity contribution in [2.24, 2.45) is 0 Å². The Morgan fingerprint density at radius 3 is 2.55 bits per heavy atom. The Balaban J connectivity index is 1.54. The number of furan rings is 1. The molecule has 0 atom stereocenters. The molecule has 144 valence electrons. The van der Waals surface area contributed by atoms with Crippen LogP contribution in [0.2, 0.25) is 5.02 Å². The number of amides is 1. The fourth-order valence-corrected chi connectivity index (χ4v) is 3.81. The first-order chi connectivity index (χ1) is 14.2. The van der Waals surface area contributed by atoms with Gasteiger partial charge in [-0.05, 0) is 53.9 Å². The SMILES string of the molecule is O=C(c1cc(-c2ccco2)nn1-c1ccc(Cl)cc1)N1CCc2ccccc2C1. The summed E-state index contributed by atoms with van der Waals surface area (Å²) in [5, 5.41) is 5.28. The summed E-state index contributed by atoms with van der Waals surface area (Å²) in [6.45, 7) is 1.27. The summed E-state index contributed by atoms with van der Waals surface area (Å²) in [6, 6.07) is 21.0. The van der Waals surface area contributed by atoms with Gasteiger partial charge in [0.1, 0.15) is 11.4 Å². The van der Waals surface area contributed by atoms with E-state index in [0.29, 0.717) is 35.3 Å². The normalized spacial score (nSPS) is 13.3. The molecule has 1 amide bonds. The molecule has 3 heterocycles. The summed E-state index contributed by atoms with van der Waals surface area (Å²) < 4.78 is 7.16. The number of nitrogens with zero attached hydrogens (tertiary/aromatic N) is 3. The molecule has 0 aliphatic carbocycles. The summed E-state index contributed by atoms with van der Waals surface area (Å²) in [5.74, 6) is 0.565. The van der Waals surface area contributed by atoms with Gasteiger partial charge in [-0.1, -0.05) is 35.9 Å². The second-order valence-corrected chi connectivity index (χ2v) is 7.46. The number of halogens is 1. The Bertz CT molecular complexity index is 1160. The van der Waals surface area contributed by atoms with Gasteiger partial charge in [0.2, 0.25) is 0 Å². The number of benzene rings is 2. The molecule has 1 aliphatic rings. The second kappa shape index (κ2) is 7.26. The van der Waals surface area contributed by atoms with Gasteiger partial charge in [-0.25, -0.2) is 4.68 Å². The smallest absolute Gasteiger partial charge is 0.272 e. The van der Waals surface area contributed by atoms with Crippen LogP contribution >= 0.6 is 11.6 Å². The highest BCUT2D eigenvalue weighted by molar-refractivity contribution is 6.30. The van der Waals surface area contributed by atoms with Crippen molar-refractivity contribution in [2.75, 3.05) is 6.54 Å². The van der Waals surface area contributed by atoms with E-state index in [1.807, 2.05) is 35.2 Å². The zero-order valence-electron chi connectivity index (χ0n) is 15.6. The van der Waals surface area contributed by atoms with Crippen LogP contribution in [0.15, 0.2) is 77.4 Å². The van der Waals surface area contributed by atoms with E-state index in [-0.39, 0.29) is 5.91 Å². The summed E-state index contributed by atoms with van der Waals surface area (Å²) in [6.07, 6.45) is 2.45. The van der Waals surface area contributed by atoms with Crippen molar-refractivity contribution in [1.82, 2.24) is 14.7 Å². The van der Waals surface area contributed by atoms with Crippen molar-refractivity contribution in [2.45, 2.75) is 13.0 Å². The minimum Gasteiger partial charge on any atom is -0.463 e. The van der Waals surface area contributed by atoms with Crippen molar-refractivity contribution >= 4 is 17.5 Å². The summed E-state index contributed by atoms with van der Waals surface area (Å²) >= 11 is 6.04. The van der Waals surface area contributed by atoms with E-state index in [1.165, 1.54) is 11.1 Å². The standard InChI is InChI=1S/C23H18ClN3O2/c24-18-7-9-19(10-8-18)27-21(14-20(25-27)22-6-3-13-29-22)23(28)26-12-11-16-4-1-2-5-17(16)15-26/h1-10,13-14H,11-12,15H2. The van der Waals surface area contributed by atoms with Crippen LogP contribution in [0, 0.1) is 0 Å². The van der Waals surface area contributed by atoms with Crippen LogP contribution in [0.4, 0.5) is 0 Å². The molecule has 5 rings (SSSR count). The van der Waals surface area contributed by atoms with Crippen molar-refractivity contribution < 1.29 is 9.21 Å². The zero-order valence-corrected chi connectivity index (χ0v) is 16.3. The van der Waals surface area contributed by atoms with E-state index >= 15 is 0 Å². The molecule has 0 saturated heterocycles. The van der Waals surface area contributed by atoms with Crippen molar-refractivity contribution in [3.05, 3.63) is 94.8 Å². The van der Waals surface area contributed by atoms with Gasteiger partial charge in [0.25, 0.3) is 5.91 Å². The van der Waals surface area contributed by atoms with Gasteiger partial charge < -0.3 is 9.32 Å². The fraction of sp³-hybridized carbons (Fsp3) is 0.130. The van der Waals surface area contributed by atoms with Crippen LogP contribution in [0.3, 0.4) is 0 Å². The van der Waals surface area contributed by atoms with E-state index in [0.717, 1.165) is 12.1 Å². The number of rotatable bonds is 3. The molecule has 0 bridgehead atoms. The van der Waals surface area contributed by atoms with Gasteiger partial charge in [0.05, 0.1) is 12.0 Å². The van der Waals surface area contributed by atoms with Crippen molar-refractivity contribution in [3.8, 4) is 17.1 Å². The number of carbonyl (C=O) groups is 1. The minimum atomic E-state index is -0.0558. The third kappa shape index (κ3) is 3.34. The zero-order chi connectivity index (χ0) is 19.8. The Kier molecular flexibility index (Phi) is 4.45. The van der Waals surface area contributed by atoms with E-state index < -0.39 is 0 Å². The van der Waals surface area contributed by atoms with E-state index in [4.69, 9.17) is 16.0 Å². The van der Waals surface area contributed by atoms with E-state index in [9.17, 15) is 4.79 Å². The highest BCUT2D eigenvalue weighted by Crippen LogP contribution is 2.26.